The van der Waals surface area contributed by atoms with E-state index < -0.39 is 4.92 Å². The smallest absolute Gasteiger partial charge is 0.270 e. The van der Waals surface area contributed by atoms with E-state index in [-0.39, 0.29) is 5.69 Å². The second-order valence-electron chi connectivity index (χ2n) is 6.45. The fourth-order valence-corrected chi connectivity index (χ4v) is 3.82. The van der Waals surface area contributed by atoms with Gasteiger partial charge in [0.2, 0.25) is 4.80 Å². The maximum atomic E-state index is 11.2. The Morgan fingerprint density at radius 1 is 1.20 bits per heavy atom. The van der Waals surface area contributed by atoms with Crippen LogP contribution in [0.2, 0.25) is 0 Å². The van der Waals surface area contributed by atoms with Gasteiger partial charge in [-0.3, -0.25) is 15.1 Å². The van der Waals surface area contributed by atoms with Crippen molar-refractivity contribution in [2.75, 3.05) is 7.05 Å². The van der Waals surface area contributed by atoms with Crippen LogP contribution in [0.25, 0.3) is 16.9 Å². The Morgan fingerprint density at radius 2 is 2.00 bits per heavy atom. The van der Waals surface area contributed by atoms with Crippen LogP contribution < -0.4 is 4.80 Å². The summed E-state index contributed by atoms with van der Waals surface area (Å²) in [5.41, 5.74) is 4.27. The number of rotatable bonds is 5. The van der Waals surface area contributed by atoms with Crippen LogP contribution >= 0.6 is 11.3 Å². The third-order valence-electron chi connectivity index (χ3n) is 4.57. The molecular formula is C21H18N6O2S. The van der Waals surface area contributed by atoms with Gasteiger partial charge >= 0.3 is 0 Å². The maximum absolute atomic E-state index is 11.2. The molecule has 0 aliphatic carbocycles. The predicted octanol–water partition coefficient (Wildman–Crippen LogP) is 4.11. The molecule has 0 bridgehead atoms. The van der Waals surface area contributed by atoms with Gasteiger partial charge in [-0.25, -0.2) is 9.66 Å². The molecule has 0 aliphatic rings. The number of aromatic nitrogens is 3. The number of benzene rings is 2. The van der Waals surface area contributed by atoms with Crippen LogP contribution in [0.5, 0.6) is 0 Å². The molecule has 2 aromatic heterocycles. The van der Waals surface area contributed by atoms with Crippen LogP contribution in [0.1, 0.15) is 12.5 Å². The molecule has 0 radical (unpaired) electrons. The van der Waals surface area contributed by atoms with Crippen LogP contribution in [-0.4, -0.2) is 31.9 Å². The van der Waals surface area contributed by atoms with E-state index in [0.717, 1.165) is 22.7 Å². The molecule has 0 saturated heterocycles. The summed E-state index contributed by atoms with van der Waals surface area (Å²) in [7, 11) is 1.70. The van der Waals surface area contributed by atoms with Crippen molar-refractivity contribution in [2.24, 2.45) is 10.1 Å². The molecule has 0 N–H and O–H groups in total. The molecule has 0 amide bonds. The van der Waals surface area contributed by atoms with Gasteiger partial charge in [0.15, 0.2) is 0 Å². The van der Waals surface area contributed by atoms with Gasteiger partial charge < -0.3 is 4.57 Å². The fourth-order valence-electron chi connectivity index (χ4n) is 3.02. The van der Waals surface area contributed by atoms with Gasteiger partial charge in [0, 0.05) is 48.2 Å². The highest BCUT2D eigenvalue weighted by molar-refractivity contribution is 7.07. The molecule has 4 aromatic rings. The molecule has 8 nitrogen and oxygen atoms in total. The van der Waals surface area contributed by atoms with E-state index in [0.29, 0.717) is 10.4 Å². The molecule has 4 rings (SSSR count). The van der Waals surface area contributed by atoms with Crippen LogP contribution in [-0.2, 0) is 0 Å². The van der Waals surface area contributed by atoms with Crippen LogP contribution in [0.4, 0.5) is 5.69 Å². The van der Waals surface area contributed by atoms with Gasteiger partial charge in [0.25, 0.3) is 5.69 Å². The third kappa shape index (κ3) is 3.83. The summed E-state index contributed by atoms with van der Waals surface area (Å²) < 4.78 is 3.65. The molecule has 2 heterocycles. The van der Waals surface area contributed by atoms with E-state index in [4.69, 9.17) is 5.10 Å². The molecule has 0 atom stereocenters. The SMILES string of the molecule is CN=c1scc(-c2cccc([N+](=O)[O-])c2)n1N=C(C)c1ccc(-n2ccnc2)cc1. The van der Waals surface area contributed by atoms with Crippen molar-refractivity contribution < 1.29 is 4.92 Å². The zero-order chi connectivity index (χ0) is 21.1. The lowest BCUT2D eigenvalue weighted by atomic mass is 10.1. The summed E-state index contributed by atoms with van der Waals surface area (Å²) in [6.07, 6.45) is 5.37. The number of non-ortho nitro benzene ring substituents is 1. The van der Waals surface area contributed by atoms with Crippen molar-refractivity contribution in [2.45, 2.75) is 6.92 Å². The predicted molar refractivity (Wildman–Crippen MR) is 117 cm³/mol. The molecule has 9 heteroatoms. The molecule has 30 heavy (non-hydrogen) atoms. The quantitative estimate of drug-likeness (QED) is 0.277. The molecule has 0 unspecified atom stereocenters. The normalized spacial score (nSPS) is 12.3. The Labute approximate surface area is 176 Å². The lowest BCUT2D eigenvalue weighted by Gasteiger charge is -2.07. The van der Waals surface area contributed by atoms with Crippen LogP contribution in [0, 0.1) is 10.1 Å². The van der Waals surface area contributed by atoms with Crippen molar-refractivity contribution in [3.63, 3.8) is 0 Å². The standard InChI is InChI=1S/C21H18N6O2S/c1-15(16-6-8-18(9-7-16)25-11-10-23-14-25)24-26-20(13-30-21(26)22-2)17-4-3-5-19(12-17)27(28)29/h3-14H,1-2H3. The summed E-state index contributed by atoms with van der Waals surface area (Å²) in [5.74, 6) is 0. The van der Waals surface area contributed by atoms with E-state index >= 15 is 0 Å². The summed E-state index contributed by atoms with van der Waals surface area (Å²) in [4.78, 5) is 19.8. The molecule has 0 aliphatic heterocycles. The van der Waals surface area contributed by atoms with Gasteiger partial charge in [-0.2, -0.15) is 5.10 Å². The minimum Gasteiger partial charge on any atom is -0.306 e. The Balaban J connectivity index is 1.74. The number of nitrogens with zero attached hydrogens (tertiary/aromatic N) is 6. The summed E-state index contributed by atoms with van der Waals surface area (Å²) in [6, 6.07) is 14.5. The zero-order valence-corrected chi connectivity index (χ0v) is 17.2. The number of hydrogen-bond donors (Lipinski definition) is 0. The molecule has 0 saturated carbocycles. The largest absolute Gasteiger partial charge is 0.306 e. The van der Waals surface area contributed by atoms with Crippen molar-refractivity contribution in [3.8, 4) is 16.9 Å². The average Bonchev–Trinajstić information content (AvgIpc) is 3.44. The van der Waals surface area contributed by atoms with Gasteiger partial charge in [-0.15, -0.1) is 11.3 Å². The number of imidazole rings is 1. The Bertz CT molecular complexity index is 1280. The zero-order valence-electron chi connectivity index (χ0n) is 16.3. The van der Waals surface area contributed by atoms with E-state index in [1.165, 1.54) is 17.4 Å². The van der Waals surface area contributed by atoms with Crippen LogP contribution in [0.15, 0.2) is 82.7 Å². The number of thiazole rings is 1. The van der Waals surface area contributed by atoms with Crippen molar-refractivity contribution in [1.82, 2.24) is 14.2 Å². The van der Waals surface area contributed by atoms with Crippen molar-refractivity contribution in [3.05, 3.63) is 93.1 Å². The van der Waals surface area contributed by atoms with Crippen LogP contribution in [0.3, 0.4) is 0 Å². The first-order valence-electron chi connectivity index (χ1n) is 9.09. The molecule has 2 aromatic carbocycles. The minimum absolute atomic E-state index is 0.0380. The maximum Gasteiger partial charge on any atom is 0.270 e. The number of hydrogen-bond acceptors (Lipinski definition) is 6. The van der Waals surface area contributed by atoms with Crippen molar-refractivity contribution >= 4 is 22.7 Å². The first kappa shape index (κ1) is 19.5. The summed E-state index contributed by atoms with van der Waals surface area (Å²) >= 11 is 1.43. The molecule has 0 spiro atoms. The van der Waals surface area contributed by atoms with Gasteiger partial charge in [-0.1, -0.05) is 24.3 Å². The monoisotopic (exact) mass is 418 g/mol. The topological polar surface area (TPSA) is 90.6 Å². The highest BCUT2D eigenvalue weighted by Crippen LogP contribution is 2.24. The average molecular weight is 418 g/mol. The van der Waals surface area contributed by atoms with Gasteiger partial charge in [0.1, 0.15) is 0 Å². The summed E-state index contributed by atoms with van der Waals surface area (Å²) in [6.45, 7) is 1.92. The lowest BCUT2D eigenvalue weighted by molar-refractivity contribution is -0.384. The number of nitro benzene ring substituents is 1. The fraction of sp³-hybridized carbons (Fsp3) is 0.0952. The second kappa shape index (κ2) is 8.26. The molecular weight excluding hydrogens is 400 g/mol. The van der Waals surface area contributed by atoms with Gasteiger partial charge in [0.05, 0.1) is 22.7 Å². The Kier molecular flexibility index (Phi) is 5.36. The lowest BCUT2D eigenvalue weighted by Crippen LogP contribution is -2.13. The second-order valence-corrected chi connectivity index (χ2v) is 7.29. The summed E-state index contributed by atoms with van der Waals surface area (Å²) in [5, 5.41) is 17.8. The van der Waals surface area contributed by atoms with Gasteiger partial charge in [-0.05, 0) is 24.6 Å². The van der Waals surface area contributed by atoms with Crippen molar-refractivity contribution in [1.29, 1.82) is 0 Å². The number of nitro groups is 1. The minimum atomic E-state index is -0.401. The van der Waals surface area contributed by atoms with E-state index in [1.807, 2.05) is 53.4 Å². The van der Waals surface area contributed by atoms with E-state index in [1.54, 1.807) is 36.4 Å². The highest BCUT2D eigenvalue weighted by atomic mass is 32.1. The van der Waals surface area contributed by atoms with E-state index in [9.17, 15) is 10.1 Å². The first-order chi connectivity index (χ1) is 14.6. The highest BCUT2D eigenvalue weighted by Gasteiger charge is 2.12. The molecule has 0 fully saturated rings. The first-order valence-corrected chi connectivity index (χ1v) is 9.97. The Morgan fingerprint density at radius 3 is 2.67 bits per heavy atom. The third-order valence-corrected chi connectivity index (χ3v) is 5.47. The molecule has 150 valence electrons. The van der Waals surface area contributed by atoms with E-state index in [2.05, 4.69) is 9.98 Å². The Hall–Kier alpha value is -3.85.